The van der Waals surface area contributed by atoms with E-state index in [0.29, 0.717) is 6.54 Å². The molecular formula is C10H17N3O5. The third-order valence-corrected chi connectivity index (χ3v) is 2.72. The molecule has 0 aromatic rings. The van der Waals surface area contributed by atoms with E-state index < -0.39 is 36.0 Å². The number of hydrogen-bond donors (Lipinski definition) is 5. The van der Waals surface area contributed by atoms with Crippen molar-refractivity contribution in [1.29, 1.82) is 0 Å². The normalized spacial score (nSPS) is 24.5. The van der Waals surface area contributed by atoms with Crippen LogP contribution in [0.25, 0.3) is 0 Å². The second-order valence-corrected chi connectivity index (χ2v) is 4.25. The van der Waals surface area contributed by atoms with E-state index in [0.717, 1.165) is 0 Å². The maximum Gasteiger partial charge on any atom is 0.326 e. The largest absolute Gasteiger partial charge is 0.480 e. The molecule has 0 saturated carbocycles. The predicted octanol–water partition coefficient (Wildman–Crippen LogP) is -2.46. The monoisotopic (exact) mass is 259 g/mol. The second-order valence-electron chi connectivity index (χ2n) is 4.25. The average Bonchev–Trinajstić information content (AvgIpc) is 2.70. The summed E-state index contributed by atoms with van der Waals surface area (Å²) in [7, 11) is 0. The molecule has 8 nitrogen and oxygen atoms in total. The van der Waals surface area contributed by atoms with Crippen LogP contribution in [-0.4, -0.2) is 52.7 Å². The summed E-state index contributed by atoms with van der Waals surface area (Å²) in [5, 5.41) is 23.2. The van der Waals surface area contributed by atoms with Crippen molar-refractivity contribution in [2.24, 2.45) is 5.73 Å². The third-order valence-electron chi connectivity index (χ3n) is 2.72. The highest BCUT2D eigenvalue weighted by molar-refractivity contribution is 5.87. The molecule has 6 N–H and O–H groups in total. The van der Waals surface area contributed by atoms with Crippen molar-refractivity contribution in [2.45, 2.75) is 37.5 Å². The lowest BCUT2D eigenvalue weighted by molar-refractivity contribution is -0.142. The molecule has 0 aliphatic carbocycles. The summed E-state index contributed by atoms with van der Waals surface area (Å²) in [6, 6.07) is -1.75. The summed E-state index contributed by atoms with van der Waals surface area (Å²) in [5.41, 5.74) is 4.92. The summed E-state index contributed by atoms with van der Waals surface area (Å²) in [6.45, 7) is 0.303. The number of β-amino-alcohol motifs (C(OH)–C–C–N with tert-alkyl or cyclic N) is 1. The van der Waals surface area contributed by atoms with Crippen LogP contribution in [0.5, 0.6) is 0 Å². The predicted molar refractivity (Wildman–Crippen MR) is 60.4 cm³/mol. The van der Waals surface area contributed by atoms with Gasteiger partial charge in [0, 0.05) is 13.0 Å². The van der Waals surface area contributed by atoms with E-state index in [9.17, 15) is 19.5 Å². The van der Waals surface area contributed by atoms with Gasteiger partial charge in [-0.3, -0.25) is 9.59 Å². The highest BCUT2D eigenvalue weighted by Crippen LogP contribution is 2.07. The fourth-order valence-electron chi connectivity index (χ4n) is 1.73. The number of aliphatic carboxylic acids is 1. The quantitative estimate of drug-likeness (QED) is 0.358. The Balaban J connectivity index is 2.47. The van der Waals surface area contributed by atoms with E-state index in [1.165, 1.54) is 0 Å². The zero-order chi connectivity index (χ0) is 13.7. The first-order valence-electron chi connectivity index (χ1n) is 5.63. The van der Waals surface area contributed by atoms with Crippen molar-refractivity contribution in [3.05, 3.63) is 0 Å². The van der Waals surface area contributed by atoms with Gasteiger partial charge in [0.2, 0.25) is 11.8 Å². The molecule has 1 rings (SSSR count). The molecule has 1 aliphatic rings. The molecule has 1 fully saturated rings. The summed E-state index contributed by atoms with van der Waals surface area (Å²) in [5.74, 6) is -2.34. The molecule has 18 heavy (non-hydrogen) atoms. The highest BCUT2D eigenvalue weighted by atomic mass is 16.4. The van der Waals surface area contributed by atoms with E-state index in [2.05, 4.69) is 10.6 Å². The first-order chi connectivity index (χ1) is 8.40. The third kappa shape index (κ3) is 4.30. The van der Waals surface area contributed by atoms with Crippen molar-refractivity contribution in [3.63, 3.8) is 0 Å². The number of carbonyl (C=O) groups is 3. The first kappa shape index (κ1) is 14.4. The SMILES string of the molecule is NC(=O)CCC(NC(=O)C1CC(O)CN1)C(=O)O. The number of rotatable bonds is 6. The van der Waals surface area contributed by atoms with Crippen LogP contribution >= 0.6 is 0 Å². The zero-order valence-electron chi connectivity index (χ0n) is 9.76. The smallest absolute Gasteiger partial charge is 0.326 e. The summed E-state index contributed by atoms with van der Waals surface area (Å²) < 4.78 is 0. The molecule has 1 heterocycles. The lowest BCUT2D eigenvalue weighted by Crippen LogP contribution is -2.48. The molecule has 102 valence electrons. The second kappa shape index (κ2) is 6.31. The van der Waals surface area contributed by atoms with Crippen LogP contribution in [0.3, 0.4) is 0 Å². The Bertz CT molecular complexity index is 346. The highest BCUT2D eigenvalue weighted by Gasteiger charge is 2.30. The van der Waals surface area contributed by atoms with Crippen molar-refractivity contribution in [2.75, 3.05) is 6.54 Å². The summed E-state index contributed by atoms with van der Waals surface area (Å²) >= 11 is 0. The van der Waals surface area contributed by atoms with Crippen molar-refractivity contribution in [3.8, 4) is 0 Å². The van der Waals surface area contributed by atoms with Gasteiger partial charge in [-0.05, 0) is 12.8 Å². The Hall–Kier alpha value is -1.67. The lowest BCUT2D eigenvalue weighted by Gasteiger charge is -2.16. The fourth-order valence-corrected chi connectivity index (χ4v) is 1.73. The van der Waals surface area contributed by atoms with Crippen LogP contribution in [0.1, 0.15) is 19.3 Å². The topological polar surface area (TPSA) is 142 Å². The van der Waals surface area contributed by atoms with Gasteiger partial charge in [-0.2, -0.15) is 0 Å². The van der Waals surface area contributed by atoms with E-state index in [1.54, 1.807) is 0 Å². The minimum absolute atomic E-state index is 0.0499. The fraction of sp³-hybridized carbons (Fsp3) is 0.700. The molecule has 0 radical (unpaired) electrons. The van der Waals surface area contributed by atoms with Crippen molar-refractivity contribution in [1.82, 2.24) is 10.6 Å². The molecule has 3 unspecified atom stereocenters. The summed E-state index contributed by atoms with van der Waals surface area (Å²) in [6.07, 6.45) is -0.521. The lowest BCUT2D eigenvalue weighted by atomic mass is 10.1. The van der Waals surface area contributed by atoms with Crippen LogP contribution in [-0.2, 0) is 14.4 Å². The number of carboxylic acids is 1. The Morgan fingerprint density at radius 3 is 2.56 bits per heavy atom. The van der Waals surface area contributed by atoms with Crippen molar-refractivity contribution >= 4 is 17.8 Å². The molecular weight excluding hydrogens is 242 g/mol. The van der Waals surface area contributed by atoms with Crippen LogP contribution in [0.15, 0.2) is 0 Å². The van der Waals surface area contributed by atoms with Gasteiger partial charge >= 0.3 is 5.97 Å². The number of carbonyl (C=O) groups excluding carboxylic acids is 2. The van der Waals surface area contributed by atoms with Crippen LogP contribution in [0.2, 0.25) is 0 Å². The minimum Gasteiger partial charge on any atom is -0.480 e. The van der Waals surface area contributed by atoms with Gasteiger partial charge in [0.25, 0.3) is 0 Å². The Morgan fingerprint density at radius 1 is 1.44 bits per heavy atom. The maximum atomic E-state index is 11.7. The Morgan fingerprint density at radius 2 is 2.11 bits per heavy atom. The molecule has 0 aromatic heterocycles. The summed E-state index contributed by atoms with van der Waals surface area (Å²) in [4.78, 5) is 33.2. The van der Waals surface area contributed by atoms with E-state index >= 15 is 0 Å². The zero-order valence-corrected chi connectivity index (χ0v) is 9.76. The molecule has 0 spiro atoms. The molecule has 3 atom stereocenters. The molecule has 1 aliphatic heterocycles. The van der Waals surface area contributed by atoms with E-state index in [4.69, 9.17) is 10.8 Å². The van der Waals surface area contributed by atoms with Crippen LogP contribution in [0, 0.1) is 0 Å². The Kier molecular flexibility index (Phi) is 5.05. The number of primary amides is 1. The van der Waals surface area contributed by atoms with Crippen molar-refractivity contribution < 1.29 is 24.6 Å². The van der Waals surface area contributed by atoms with E-state index in [-0.39, 0.29) is 19.3 Å². The molecule has 1 saturated heterocycles. The first-order valence-corrected chi connectivity index (χ1v) is 5.63. The van der Waals surface area contributed by atoms with Crippen LogP contribution in [0.4, 0.5) is 0 Å². The molecule has 8 heteroatoms. The number of carboxylic acid groups (broad SMARTS) is 1. The number of aliphatic hydroxyl groups is 1. The Labute approximate surface area is 104 Å². The number of hydrogen-bond acceptors (Lipinski definition) is 5. The van der Waals surface area contributed by atoms with Crippen LogP contribution < -0.4 is 16.4 Å². The standard InChI is InChI=1S/C10H17N3O5/c11-8(15)2-1-6(10(17)18)13-9(16)7-3-5(14)4-12-7/h5-7,12,14H,1-4H2,(H2,11,15)(H,13,16)(H,17,18). The molecule has 0 bridgehead atoms. The van der Waals surface area contributed by atoms with Gasteiger partial charge in [-0.15, -0.1) is 0 Å². The average molecular weight is 259 g/mol. The van der Waals surface area contributed by atoms with Gasteiger partial charge < -0.3 is 26.6 Å². The maximum absolute atomic E-state index is 11.7. The van der Waals surface area contributed by atoms with Gasteiger partial charge in [0.1, 0.15) is 6.04 Å². The molecule has 2 amide bonds. The van der Waals surface area contributed by atoms with Gasteiger partial charge in [-0.1, -0.05) is 0 Å². The van der Waals surface area contributed by atoms with E-state index in [1.807, 2.05) is 0 Å². The molecule has 0 aromatic carbocycles. The minimum atomic E-state index is -1.22. The van der Waals surface area contributed by atoms with Gasteiger partial charge in [0.15, 0.2) is 0 Å². The number of nitrogens with one attached hydrogen (secondary N) is 2. The number of amides is 2. The van der Waals surface area contributed by atoms with Gasteiger partial charge in [-0.25, -0.2) is 4.79 Å². The van der Waals surface area contributed by atoms with Gasteiger partial charge in [0.05, 0.1) is 12.1 Å². The number of nitrogens with two attached hydrogens (primary N) is 1. The number of aliphatic hydroxyl groups excluding tert-OH is 1.